The van der Waals surface area contributed by atoms with E-state index in [1.807, 2.05) is 41.5 Å². The van der Waals surface area contributed by atoms with Crippen molar-refractivity contribution in [3.63, 3.8) is 0 Å². The Balaban J connectivity index is 0.00000841. The predicted molar refractivity (Wildman–Crippen MR) is 129 cm³/mol. The van der Waals surface area contributed by atoms with Crippen molar-refractivity contribution in [1.82, 2.24) is 26.3 Å². The number of carbonyl (C=O) groups is 2. The second-order valence-electron chi connectivity index (χ2n) is 8.13. The van der Waals surface area contributed by atoms with Crippen LogP contribution < -0.4 is 21.3 Å². The second-order valence-corrected chi connectivity index (χ2v) is 8.13. The Morgan fingerprint density at radius 3 is 2.33 bits per heavy atom. The van der Waals surface area contributed by atoms with Gasteiger partial charge in [0, 0.05) is 32.0 Å². The molecule has 1 heterocycles. The molecule has 0 aliphatic heterocycles. The van der Waals surface area contributed by atoms with E-state index < -0.39 is 17.2 Å². The van der Waals surface area contributed by atoms with E-state index >= 15 is 0 Å². The lowest BCUT2D eigenvalue weighted by Crippen LogP contribution is -2.49. The number of ether oxygens (including phenoxy) is 1. The van der Waals surface area contributed by atoms with Crippen LogP contribution >= 0.6 is 24.0 Å². The molecular formula is C20H35IN6O3. The second kappa shape index (κ2) is 13.2. The Morgan fingerprint density at radius 1 is 1.10 bits per heavy atom. The Labute approximate surface area is 196 Å². The molecule has 9 nitrogen and oxygen atoms in total. The molecule has 0 spiro atoms. The van der Waals surface area contributed by atoms with Gasteiger partial charge in [-0.15, -0.1) is 24.0 Å². The molecule has 0 saturated carbocycles. The minimum absolute atomic E-state index is 0. The van der Waals surface area contributed by atoms with E-state index in [0.717, 1.165) is 0 Å². The number of hydrogen-bond acceptors (Lipinski definition) is 5. The van der Waals surface area contributed by atoms with Crippen molar-refractivity contribution in [2.45, 2.75) is 52.7 Å². The van der Waals surface area contributed by atoms with Crippen LogP contribution in [0.5, 0.6) is 0 Å². The number of amides is 2. The van der Waals surface area contributed by atoms with E-state index in [9.17, 15) is 9.59 Å². The molecule has 10 heteroatoms. The van der Waals surface area contributed by atoms with Gasteiger partial charge in [0.15, 0.2) is 5.96 Å². The molecule has 0 atom stereocenters. The molecule has 30 heavy (non-hydrogen) atoms. The van der Waals surface area contributed by atoms with Gasteiger partial charge in [0.1, 0.15) is 5.60 Å². The zero-order valence-corrected chi connectivity index (χ0v) is 21.0. The quantitative estimate of drug-likeness (QED) is 0.176. The fourth-order valence-corrected chi connectivity index (χ4v) is 2.19. The number of nitrogens with one attached hydrogen (secondary N) is 4. The summed E-state index contributed by atoms with van der Waals surface area (Å²) in [5, 5.41) is 11.9. The molecule has 0 saturated heterocycles. The zero-order valence-electron chi connectivity index (χ0n) is 18.7. The summed E-state index contributed by atoms with van der Waals surface area (Å²) >= 11 is 0. The molecule has 4 N–H and O–H groups in total. The van der Waals surface area contributed by atoms with Gasteiger partial charge in [0.25, 0.3) is 5.91 Å². The van der Waals surface area contributed by atoms with Gasteiger partial charge in [0.2, 0.25) is 0 Å². The summed E-state index contributed by atoms with van der Waals surface area (Å²) in [6.07, 6.45) is 2.67. The Hall–Kier alpha value is -2.11. The summed E-state index contributed by atoms with van der Waals surface area (Å²) < 4.78 is 5.29. The molecule has 0 aliphatic rings. The highest BCUT2D eigenvalue weighted by Crippen LogP contribution is 2.09. The summed E-state index contributed by atoms with van der Waals surface area (Å²) in [4.78, 5) is 32.4. The van der Waals surface area contributed by atoms with Crippen molar-refractivity contribution < 1.29 is 14.3 Å². The van der Waals surface area contributed by atoms with Crippen LogP contribution in [0.15, 0.2) is 29.5 Å². The first kappa shape index (κ1) is 27.9. The Morgan fingerprint density at radius 2 is 1.77 bits per heavy atom. The number of aliphatic imine (C=N–C) groups is 1. The predicted octanol–water partition coefficient (Wildman–Crippen LogP) is 2.29. The fraction of sp³-hybridized carbons (Fsp3) is 0.600. The number of hydrogen-bond donors (Lipinski definition) is 4. The summed E-state index contributed by atoms with van der Waals surface area (Å²) in [6.45, 7) is 13.1. The highest BCUT2D eigenvalue weighted by atomic mass is 127. The molecule has 1 aromatic heterocycles. The van der Waals surface area contributed by atoms with Crippen molar-refractivity contribution in [2.24, 2.45) is 4.99 Å². The maximum absolute atomic E-state index is 12.0. The SMILES string of the molecule is CCNC(=NCC(C)(C)NC(=O)OC(C)(C)C)NCCNC(=O)c1cccnc1.I. The molecule has 0 radical (unpaired) electrons. The number of alkyl carbamates (subject to hydrolysis) is 1. The normalized spacial score (nSPS) is 11.7. The van der Waals surface area contributed by atoms with Crippen LogP contribution in [0.2, 0.25) is 0 Å². The van der Waals surface area contributed by atoms with Gasteiger partial charge in [-0.2, -0.15) is 0 Å². The van der Waals surface area contributed by atoms with Gasteiger partial charge in [-0.3, -0.25) is 14.8 Å². The number of carbonyl (C=O) groups excluding carboxylic acids is 2. The van der Waals surface area contributed by atoms with Gasteiger partial charge < -0.3 is 26.0 Å². The standard InChI is InChI=1S/C20H34N6O3.HI/c1-7-22-17(24-12-11-23-16(27)15-9-8-10-21-13-15)25-14-20(5,6)26-18(28)29-19(2,3)4;/h8-10,13H,7,11-12,14H2,1-6H3,(H,23,27)(H,26,28)(H2,22,24,25);1H. The maximum atomic E-state index is 12.0. The summed E-state index contributed by atoms with van der Waals surface area (Å²) in [5.74, 6) is 0.423. The van der Waals surface area contributed by atoms with Crippen LogP contribution in [-0.2, 0) is 4.74 Å². The Kier molecular flexibility index (Phi) is 12.3. The molecular weight excluding hydrogens is 499 g/mol. The van der Waals surface area contributed by atoms with Gasteiger partial charge in [0.05, 0.1) is 17.6 Å². The largest absolute Gasteiger partial charge is 0.444 e. The molecule has 0 unspecified atom stereocenters. The third-order valence-electron chi connectivity index (χ3n) is 3.44. The molecule has 2 amide bonds. The van der Waals surface area contributed by atoms with Gasteiger partial charge in [-0.1, -0.05) is 0 Å². The third kappa shape index (κ3) is 12.5. The minimum atomic E-state index is -0.584. The Bertz CT molecular complexity index is 690. The average molecular weight is 534 g/mol. The van der Waals surface area contributed by atoms with Crippen molar-refractivity contribution in [3.05, 3.63) is 30.1 Å². The van der Waals surface area contributed by atoms with Crippen LogP contribution in [-0.4, -0.2) is 60.3 Å². The number of nitrogens with zero attached hydrogens (tertiary/aromatic N) is 2. The van der Waals surface area contributed by atoms with Crippen LogP contribution in [0.25, 0.3) is 0 Å². The molecule has 0 bridgehead atoms. The maximum Gasteiger partial charge on any atom is 0.408 e. The number of aromatic nitrogens is 1. The van der Waals surface area contributed by atoms with Crippen molar-refractivity contribution in [3.8, 4) is 0 Å². The van der Waals surface area contributed by atoms with Gasteiger partial charge >= 0.3 is 6.09 Å². The summed E-state index contributed by atoms with van der Waals surface area (Å²) in [6, 6.07) is 3.43. The molecule has 0 fully saturated rings. The van der Waals surface area contributed by atoms with Crippen molar-refractivity contribution >= 4 is 41.9 Å². The molecule has 0 aromatic carbocycles. The number of halogens is 1. The number of rotatable bonds is 8. The number of guanidine groups is 1. The van der Waals surface area contributed by atoms with E-state index in [1.165, 1.54) is 6.20 Å². The third-order valence-corrected chi connectivity index (χ3v) is 3.44. The van der Waals surface area contributed by atoms with E-state index in [0.29, 0.717) is 37.7 Å². The van der Waals surface area contributed by atoms with Crippen molar-refractivity contribution in [1.29, 1.82) is 0 Å². The van der Waals surface area contributed by atoms with Gasteiger partial charge in [-0.05, 0) is 53.7 Å². The fourth-order valence-electron chi connectivity index (χ4n) is 2.19. The first-order valence-electron chi connectivity index (χ1n) is 9.74. The number of pyridine rings is 1. The van der Waals surface area contributed by atoms with Crippen LogP contribution in [0.1, 0.15) is 51.9 Å². The van der Waals surface area contributed by atoms with Crippen LogP contribution in [0.3, 0.4) is 0 Å². The lowest BCUT2D eigenvalue weighted by molar-refractivity contribution is 0.0476. The average Bonchev–Trinajstić information content (AvgIpc) is 2.61. The molecule has 1 rings (SSSR count). The topological polar surface area (TPSA) is 117 Å². The minimum Gasteiger partial charge on any atom is -0.444 e. The van der Waals surface area contributed by atoms with E-state index in [-0.39, 0.29) is 29.9 Å². The molecule has 170 valence electrons. The first-order chi connectivity index (χ1) is 13.5. The monoisotopic (exact) mass is 534 g/mol. The lowest BCUT2D eigenvalue weighted by atomic mass is 10.1. The lowest BCUT2D eigenvalue weighted by Gasteiger charge is -2.27. The summed E-state index contributed by atoms with van der Waals surface area (Å²) in [5.41, 5.74) is -0.623. The summed E-state index contributed by atoms with van der Waals surface area (Å²) in [7, 11) is 0. The highest BCUT2D eigenvalue weighted by Gasteiger charge is 2.24. The smallest absolute Gasteiger partial charge is 0.408 e. The zero-order chi connectivity index (χ0) is 21.9. The van der Waals surface area contributed by atoms with Crippen molar-refractivity contribution in [2.75, 3.05) is 26.2 Å². The first-order valence-corrected chi connectivity index (χ1v) is 9.74. The van der Waals surface area contributed by atoms with Crippen LogP contribution in [0.4, 0.5) is 4.79 Å². The van der Waals surface area contributed by atoms with Crippen LogP contribution in [0, 0.1) is 0 Å². The van der Waals surface area contributed by atoms with E-state index in [1.54, 1.807) is 18.3 Å². The molecule has 1 aromatic rings. The van der Waals surface area contributed by atoms with E-state index in [2.05, 4.69) is 31.2 Å². The van der Waals surface area contributed by atoms with E-state index in [4.69, 9.17) is 4.74 Å². The van der Waals surface area contributed by atoms with Gasteiger partial charge in [-0.25, -0.2) is 4.79 Å². The highest BCUT2D eigenvalue weighted by molar-refractivity contribution is 14.0. The molecule has 0 aliphatic carbocycles.